The number of halogens is 1. The Morgan fingerprint density at radius 2 is 2.11 bits per heavy atom. The molecule has 0 bridgehead atoms. The van der Waals surface area contributed by atoms with Crippen molar-refractivity contribution in [3.63, 3.8) is 0 Å². The van der Waals surface area contributed by atoms with Crippen LogP contribution in [-0.4, -0.2) is 26.8 Å². The molecule has 1 aliphatic rings. The van der Waals surface area contributed by atoms with Gasteiger partial charge in [0.2, 0.25) is 0 Å². The van der Waals surface area contributed by atoms with Gasteiger partial charge < -0.3 is 14.8 Å². The maximum absolute atomic E-state index is 6.29. The summed E-state index contributed by atoms with van der Waals surface area (Å²) in [6, 6.07) is 2.33. The van der Waals surface area contributed by atoms with Crippen molar-refractivity contribution in [3.05, 3.63) is 22.2 Å². The van der Waals surface area contributed by atoms with Crippen LogP contribution in [0.5, 0.6) is 11.5 Å². The zero-order valence-corrected chi connectivity index (χ0v) is 12.6. The van der Waals surface area contributed by atoms with Crippen LogP contribution in [0.2, 0.25) is 5.02 Å². The van der Waals surface area contributed by atoms with Gasteiger partial charge in [-0.05, 0) is 38.3 Å². The second kappa shape index (κ2) is 6.49. The molecule has 1 heterocycles. The van der Waals surface area contributed by atoms with Crippen LogP contribution in [0.25, 0.3) is 0 Å². The molecule has 0 aromatic heterocycles. The molecule has 1 aromatic carbocycles. The molecule has 0 spiro atoms. The van der Waals surface area contributed by atoms with Crippen LogP contribution in [0, 0.1) is 6.92 Å². The lowest BCUT2D eigenvalue weighted by molar-refractivity contribution is 0.345. The Kier molecular flexibility index (Phi) is 4.94. The van der Waals surface area contributed by atoms with Gasteiger partial charge in [0.25, 0.3) is 0 Å². The first-order valence-electron chi connectivity index (χ1n) is 6.80. The maximum atomic E-state index is 6.29. The first-order valence-corrected chi connectivity index (χ1v) is 7.18. The van der Waals surface area contributed by atoms with Crippen molar-refractivity contribution in [2.24, 2.45) is 0 Å². The Morgan fingerprint density at radius 1 is 1.32 bits per heavy atom. The predicted octanol–water partition coefficient (Wildman–Crippen LogP) is 3.35. The van der Waals surface area contributed by atoms with Crippen molar-refractivity contribution in [2.75, 3.05) is 20.8 Å². The second-order valence-electron chi connectivity index (χ2n) is 5.05. The molecule has 19 heavy (non-hydrogen) atoms. The van der Waals surface area contributed by atoms with Crippen molar-refractivity contribution < 1.29 is 9.47 Å². The molecule has 1 atom stereocenters. The number of hydrogen-bond donors (Lipinski definition) is 1. The summed E-state index contributed by atoms with van der Waals surface area (Å²) in [7, 11) is 3.33. The van der Waals surface area contributed by atoms with Gasteiger partial charge in [-0.1, -0.05) is 18.0 Å². The standard InChI is InChI=1S/C15H22ClNO2/c1-10-12(8-11-6-4-5-7-17-11)15(19-3)14(18-2)9-13(10)16/h9,11,17H,4-8H2,1-3H3. The van der Waals surface area contributed by atoms with E-state index < -0.39 is 0 Å². The number of nitrogens with one attached hydrogen (secondary N) is 1. The first kappa shape index (κ1) is 14.5. The van der Waals surface area contributed by atoms with E-state index in [2.05, 4.69) is 5.32 Å². The van der Waals surface area contributed by atoms with Gasteiger partial charge in [-0.2, -0.15) is 0 Å². The summed E-state index contributed by atoms with van der Waals surface area (Å²) in [5.41, 5.74) is 2.25. The summed E-state index contributed by atoms with van der Waals surface area (Å²) in [4.78, 5) is 0. The van der Waals surface area contributed by atoms with Crippen LogP contribution in [-0.2, 0) is 6.42 Å². The van der Waals surface area contributed by atoms with E-state index in [1.54, 1.807) is 14.2 Å². The molecule has 1 aromatic rings. The monoisotopic (exact) mass is 283 g/mol. The summed E-state index contributed by atoms with van der Waals surface area (Å²) < 4.78 is 10.9. The minimum atomic E-state index is 0.504. The van der Waals surface area contributed by atoms with Gasteiger partial charge >= 0.3 is 0 Å². The molecule has 106 valence electrons. The highest BCUT2D eigenvalue weighted by molar-refractivity contribution is 6.31. The SMILES string of the molecule is COc1cc(Cl)c(C)c(CC2CCCCN2)c1OC. The third-order valence-electron chi connectivity index (χ3n) is 3.85. The Balaban J connectivity index is 2.33. The topological polar surface area (TPSA) is 30.5 Å². The third kappa shape index (κ3) is 3.15. The largest absolute Gasteiger partial charge is 0.493 e. The summed E-state index contributed by atoms with van der Waals surface area (Å²) in [5, 5.41) is 4.30. The number of methoxy groups -OCH3 is 2. The fourth-order valence-electron chi connectivity index (χ4n) is 2.72. The number of hydrogen-bond acceptors (Lipinski definition) is 3. The van der Waals surface area contributed by atoms with Gasteiger partial charge in [-0.25, -0.2) is 0 Å². The average Bonchev–Trinajstić information content (AvgIpc) is 2.44. The van der Waals surface area contributed by atoms with Gasteiger partial charge in [0, 0.05) is 22.7 Å². The van der Waals surface area contributed by atoms with Crippen molar-refractivity contribution in [2.45, 2.75) is 38.6 Å². The number of piperidine rings is 1. The van der Waals surface area contributed by atoms with Crippen molar-refractivity contribution >= 4 is 11.6 Å². The smallest absolute Gasteiger partial charge is 0.164 e. The first-order chi connectivity index (χ1) is 9.17. The fourth-order valence-corrected chi connectivity index (χ4v) is 2.93. The van der Waals surface area contributed by atoms with Crippen molar-refractivity contribution in [3.8, 4) is 11.5 Å². The Labute approximate surface area is 120 Å². The number of ether oxygens (including phenoxy) is 2. The highest BCUT2D eigenvalue weighted by atomic mass is 35.5. The quantitative estimate of drug-likeness (QED) is 0.919. The van der Waals surface area contributed by atoms with E-state index in [-0.39, 0.29) is 0 Å². The van der Waals surface area contributed by atoms with Gasteiger partial charge in [0.15, 0.2) is 11.5 Å². The van der Waals surface area contributed by atoms with E-state index in [0.29, 0.717) is 11.8 Å². The van der Waals surface area contributed by atoms with Crippen molar-refractivity contribution in [1.82, 2.24) is 5.32 Å². The summed E-state index contributed by atoms with van der Waals surface area (Å²) in [6.45, 7) is 3.15. The lowest BCUT2D eigenvalue weighted by atomic mass is 9.94. The van der Waals surface area contributed by atoms with Crippen LogP contribution in [0.4, 0.5) is 0 Å². The van der Waals surface area contributed by atoms with Gasteiger partial charge in [-0.15, -0.1) is 0 Å². The van der Waals surface area contributed by atoms with E-state index in [4.69, 9.17) is 21.1 Å². The molecule has 1 unspecified atom stereocenters. The Bertz CT molecular complexity index is 442. The summed E-state index contributed by atoms with van der Waals surface area (Å²) in [6.07, 6.45) is 4.70. The molecule has 0 radical (unpaired) electrons. The highest BCUT2D eigenvalue weighted by Gasteiger charge is 2.21. The molecule has 1 aliphatic heterocycles. The van der Waals surface area contributed by atoms with E-state index >= 15 is 0 Å². The van der Waals surface area contributed by atoms with E-state index in [9.17, 15) is 0 Å². The normalized spacial score (nSPS) is 19.3. The predicted molar refractivity (Wildman–Crippen MR) is 78.6 cm³/mol. The highest BCUT2D eigenvalue weighted by Crippen LogP contribution is 2.38. The summed E-state index contributed by atoms with van der Waals surface area (Å²) >= 11 is 6.29. The molecule has 0 aliphatic carbocycles. The fraction of sp³-hybridized carbons (Fsp3) is 0.600. The minimum Gasteiger partial charge on any atom is -0.493 e. The molecule has 1 saturated heterocycles. The number of benzene rings is 1. The van der Waals surface area contributed by atoms with E-state index in [1.807, 2.05) is 13.0 Å². The lowest BCUT2D eigenvalue weighted by Gasteiger charge is -2.26. The third-order valence-corrected chi connectivity index (χ3v) is 4.25. The van der Waals surface area contributed by atoms with Crippen LogP contribution in [0.1, 0.15) is 30.4 Å². The van der Waals surface area contributed by atoms with Gasteiger partial charge in [-0.3, -0.25) is 0 Å². The van der Waals surface area contributed by atoms with Crippen LogP contribution in [0.3, 0.4) is 0 Å². The Morgan fingerprint density at radius 3 is 2.68 bits per heavy atom. The zero-order chi connectivity index (χ0) is 13.8. The molecular weight excluding hydrogens is 262 g/mol. The van der Waals surface area contributed by atoms with Crippen LogP contribution >= 0.6 is 11.6 Å². The summed E-state index contributed by atoms with van der Waals surface area (Å²) in [5.74, 6) is 1.53. The molecule has 1 N–H and O–H groups in total. The zero-order valence-electron chi connectivity index (χ0n) is 11.9. The average molecular weight is 284 g/mol. The second-order valence-corrected chi connectivity index (χ2v) is 5.46. The molecular formula is C15H22ClNO2. The molecule has 1 fully saturated rings. The van der Waals surface area contributed by atoms with Crippen LogP contribution in [0.15, 0.2) is 6.07 Å². The van der Waals surface area contributed by atoms with E-state index in [1.165, 1.54) is 19.3 Å². The van der Waals surface area contributed by atoms with E-state index in [0.717, 1.165) is 34.9 Å². The van der Waals surface area contributed by atoms with Crippen LogP contribution < -0.4 is 14.8 Å². The molecule has 0 amide bonds. The molecule has 2 rings (SSSR count). The lowest BCUT2D eigenvalue weighted by Crippen LogP contribution is -2.35. The molecule has 0 saturated carbocycles. The molecule has 4 heteroatoms. The number of rotatable bonds is 4. The minimum absolute atomic E-state index is 0.504. The van der Waals surface area contributed by atoms with Gasteiger partial charge in [0.05, 0.1) is 14.2 Å². The maximum Gasteiger partial charge on any atom is 0.164 e. The molecule has 3 nitrogen and oxygen atoms in total. The van der Waals surface area contributed by atoms with Crippen molar-refractivity contribution in [1.29, 1.82) is 0 Å². The Hall–Kier alpha value is -0.930. The van der Waals surface area contributed by atoms with Gasteiger partial charge in [0.1, 0.15) is 0 Å².